The Kier molecular flexibility index (Phi) is 4.56. The van der Waals surface area contributed by atoms with Crippen LogP contribution >= 0.6 is 15.9 Å². The van der Waals surface area contributed by atoms with Crippen molar-refractivity contribution in [2.24, 2.45) is 7.05 Å². The van der Waals surface area contributed by atoms with Crippen LogP contribution in [0.5, 0.6) is 0 Å². The highest BCUT2D eigenvalue weighted by Gasteiger charge is 2.15. The number of hydrogen-bond donors (Lipinski definition) is 0. The Morgan fingerprint density at radius 1 is 1.38 bits per heavy atom. The van der Waals surface area contributed by atoms with Crippen molar-refractivity contribution in [2.75, 3.05) is 34.2 Å². The lowest BCUT2D eigenvalue weighted by atomic mass is 10.3. The monoisotopic (exact) mass is 287 g/mol. The van der Waals surface area contributed by atoms with Crippen LogP contribution in [0, 0.1) is 0 Å². The minimum absolute atomic E-state index is 0.0510. The number of aryl methyl sites for hydroxylation is 1. The summed E-state index contributed by atoms with van der Waals surface area (Å²) in [6.07, 6.45) is 1.88. The molecule has 0 spiro atoms. The molecule has 0 N–H and O–H groups in total. The van der Waals surface area contributed by atoms with Gasteiger partial charge in [-0.25, -0.2) is 0 Å². The SMILES string of the molecule is CN(C)CCN(C)C(=O)c1cc(Br)cn1C. The van der Waals surface area contributed by atoms with Gasteiger partial charge in [0, 0.05) is 37.9 Å². The summed E-state index contributed by atoms with van der Waals surface area (Å²) in [5.41, 5.74) is 0.702. The summed E-state index contributed by atoms with van der Waals surface area (Å²) >= 11 is 3.36. The summed E-state index contributed by atoms with van der Waals surface area (Å²) in [4.78, 5) is 15.9. The van der Waals surface area contributed by atoms with E-state index in [0.717, 1.165) is 17.6 Å². The number of carbonyl (C=O) groups excluding carboxylic acids is 1. The van der Waals surface area contributed by atoms with Crippen molar-refractivity contribution in [1.29, 1.82) is 0 Å². The average Bonchev–Trinajstić information content (AvgIpc) is 2.53. The number of hydrogen-bond acceptors (Lipinski definition) is 2. The van der Waals surface area contributed by atoms with Gasteiger partial charge in [0.1, 0.15) is 5.69 Å². The lowest BCUT2D eigenvalue weighted by molar-refractivity contribution is 0.0777. The maximum atomic E-state index is 12.1. The number of halogens is 1. The van der Waals surface area contributed by atoms with Gasteiger partial charge in [-0.1, -0.05) is 0 Å². The lowest BCUT2D eigenvalue weighted by Gasteiger charge is -2.19. The van der Waals surface area contributed by atoms with Gasteiger partial charge in [-0.2, -0.15) is 0 Å². The van der Waals surface area contributed by atoms with Gasteiger partial charge in [-0.05, 0) is 36.1 Å². The van der Waals surface area contributed by atoms with E-state index in [0.29, 0.717) is 5.69 Å². The zero-order valence-electron chi connectivity index (χ0n) is 10.2. The molecule has 4 nitrogen and oxygen atoms in total. The van der Waals surface area contributed by atoms with Gasteiger partial charge in [-0.3, -0.25) is 4.79 Å². The molecule has 5 heteroatoms. The van der Waals surface area contributed by atoms with E-state index in [9.17, 15) is 4.79 Å². The molecule has 90 valence electrons. The fourth-order valence-electron chi connectivity index (χ4n) is 1.38. The van der Waals surface area contributed by atoms with Crippen LogP contribution in [0.2, 0.25) is 0 Å². The Morgan fingerprint density at radius 2 is 2.00 bits per heavy atom. The second-order valence-electron chi connectivity index (χ2n) is 4.18. The highest BCUT2D eigenvalue weighted by molar-refractivity contribution is 9.10. The lowest BCUT2D eigenvalue weighted by Crippen LogP contribution is -2.34. The molecule has 0 radical (unpaired) electrons. The van der Waals surface area contributed by atoms with Crippen LogP contribution < -0.4 is 0 Å². The van der Waals surface area contributed by atoms with Crippen LogP contribution in [-0.2, 0) is 7.05 Å². The number of aromatic nitrogens is 1. The molecular weight excluding hydrogens is 270 g/mol. The van der Waals surface area contributed by atoms with Crippen LogP contribution in [0.3, 0.4) is 0 Å². The molecule has 0 unspecified atom stereocenters. The second kappa shape index (κ2) is 5.50. The Labute approximate surface area is 105 Å². The van der Waals surface area contributed by atoms with Gasteiger partial charge in [-0.15, -0.1) is 0 Å². The van der Waals surface area contributed by atoms with E-state index < -0.39 is 0 Å². The van der Waals surface area contributed by atoms with E-state index in [1.165, 1.54) is 0 Å². The molecule has 0 bridgehead atoms. The van der Waals surface area contributed by atoms with E-state index in [2.05, 4.69) is 20.8 Å². The van der Waals surface area contributed by atoms with Crippen molar-refractivity contribution < 1.29 is 4.79 Å². The first kappa shape index (κ1) is 13.3. The Balaban J connectivity index is 2.67. The third kappa shape index (κ3) is 3.35. The summed E-state index contributed by atoms with van der Waals surface area (Å²) in [6.45, 7) is 1.60. The van der Waals surface area contributed by atoms with Gasteiger partial charge >= 0.3 is 0 Å². The van der Waals surface area contributed by atoms with Gasteiger partial charge in [0.25, 0.3) is 5.91 Å². The maximum Gasteiger partial charge on any atom is 0.270 e. The summed E-state index contributed by atoms with van der Waals surface area (Å²) in [5.74, 6) is 0.0510. The molecule has 0 saturated carbocycles. The molecule has 1 amide bonds. The number of amides is 1. The smallest absolute Gasteiger partial charge is 0.270 e. The summed E-state index contributed by atoms with van der Waals surface area (Å²) in [7, 11) is 7.69. The number of rotatable bonds is 4. The summed E-state index contributed by atoms with van der Waals surface area (Å²) in [6, 6.07) is 1.84. The minimum Gasteiger partial charge on any atom is -0.345 e. The fourth-order valence-corrected chi connectivity index (χ4v) is 1.91. The number of nitrogens with zero attached hydrogens (tertiary/aromatic N) is 3. The van der Waals surface area contributed by atoms with Crippen molar-refractivity contribution in [2.45, 2.75) is 0 Å². The summed E-state index contributed by atoms with van der Waals surface area (Å²) < 4.78 is 2.76. The quantitative estimate of drug-likeness (QED) is 0.838. The minimum atomic E-state index is 0.0510. The van der Waals surface area contributed by atoms with Crippen LogP contribution in [0.1, 0.15) is 10.5 Å². The average molecular weight is 288 g/mol. The van der Waals surface area contributed by atoms with Crippen LogP contribution in [0.15, 0.2) is 16.7 Å². The van der Waals surface area contributed by atoms with E-state index in [-0.39, 0.29) is 5.91 Å². The van der Waals surface area contributed by atoms with Crippen molar-refractivity contribution in [3.63, 3.8) is 0 Å². The third-order valence-electron chi connectivity index (χ3n) is 2.42. The maximum absolute atomic E-state index is 12.1. The zero-order valence-corrected chi connectivity index (χ0v) is 11.8. The van der Waals surface area contributed by atoms with E-state index in [4.69, 9.17) is 0 Å². The van der Waals surface area contributed by atoms with E-state index in [1.54, 1.807) is 4.90 Å². The highest BCUT2D eigenvalue weighted by atomic mass is 79.9. The first-order valence-corrected chi connectivity index (χ1v) is 5.93. The standard InChI is InChI=1S/C11H18BrN3O/c1-13(2)5-6-14(3)11(16)10-7-9(12)8-15(10)4/h7-8H,5-6H2,1-4H3. The molecule has 0 aliphatic rings. The van der Waals surface area contributed by atoms with E-state index in [1.807, 2.05) is 45.0 Å². The molecule has 1 rings (SSSR count). The number of carbonyl (C=O) groups is 1. The predicted octanol–water partition coefficient (Wildman–Crippen LogP) is 1.42. The van der Waals surface area contributed by atoms with Crippen molar-refractivity contribution in [3.8, 4) is 0 Å². The predicted molar refractivity (Wildman–Crippen MR) is 68.6 cm³/mol. The Morgan fingerprint density at radius 3 is 2.44 bits per heavy atom. The normalized spacial score (nSPS) is 10.9. The van der Waals surface area contributed by atoms with Gasteiger partial charge in [0.2, 0.25) is 0 Å². The zero-order chi connectivity index (χ0) is 12.3. The van der Waals surface area contributed by atoms with Crippen molar-refractivity contribution >= 4 is 21.8 Å². The van der Waals surface area contributed by atoms with Crippen LogP contribution in [0.4, 0.5) is 0 Å². The molecule has 16 heavy (non-hydrogen) atoms. The van der Waals surface area contributed by atoms with Gasteiger partial charge < -0.3 is 14.4 Å². The van der Waals surface area contributed by atoms with E-state index >= 15 is 0 Å². The van der Waals surface area contributed by atoms with Gasteiger partial charge in [0.05, 0.1) is 0 Å². The largest absolute Gasteiger partial charge is 0.345 e. The second-order valence-corrected chi connectivity index (χ2v) is 5.10. The molecular formula is C11H18BrN3O. The van der Waals surface area contributed by atoms with Crippen molar-refractivity contribution in [1.82, 2.24) is 14.4 Å². The first-order valence-electron chi connectivity index (χ1n) is 5.14. The molecule has 1 aromatic rings. The molecule has 0 atom stereocenters. The Hall–Kier alpha value is -0.810. The molecule has 0 aliphatic heterocycles. The molecule has 0 aromatic carbocycles. The van der Waals surface area contributed by atoms with Crippen LogP contribution in [0.25, 0.3) is 0 Å². The molecule has 0 fully saturated rings. The third-order valence-corrected chi connectivity index (χ3v) is 2.85. The Bertz CT molecular complexity index is 373. The topological polar surface area (TPSA) is 28.5 Å². The first-order chi connectivity index (χ1) is 7.41. The molecule has 0 aliphatic carbocycles. The number of likely N-dealkylation sites (N-methyl/N-ethyl adjacent to an activating group) is 2. The van der Waals surface area contributed by atoms with Gasteiger partial charge in [0.15, 0.2) is 0 Å². The van der Waals surface area contributed by atoms with Crippen molar-refractivity contribution in [3.05, 3.63) is 22.4 Å². The highest BCUT2D eigenvalue weighted by Crippen LogP contribution is 2.14. The van der Waals surface area contributed by atoms with Crippen LogP contribution in [-0.4, -0.2) is 54.5 Å². The fraction of sp³-hybridized carbons (Fsp3) is 0.545. The molecule has 1 aromatic heterocycles. The molecule has 0 saturated heterocycles. The molecule has 1 heterocycles. The summed E-state index contributed by atoms with van der Waals surface area (Å²) in [5, 5.41) is 0.